The van der Waals surface area contributed by atoms with Crippen LogP contribution in [0, 0.1) is 13.8 Å². The van der Waals surface area contributed by atoms with Gasteiger partial charge in [-0.1, -0.05) is 0 Å². The van der Waals surface area contributed by atoms with Crippen LogP contribution >= 0.6 is 0 Å². The second-order valence-electron chi connectivity index (χ2n) is 5.38. The molecule has 0 saturated carbocycles. The van der Waals surface area contributed by atoms with Gasteiger partial charge < -0.3 is 9.84 Å². The number of aryl methyl sites for hydroxylation is 2. The van der Waals surface area contributed by atoms with Crippen LogP contribution in [0.3, 0.4) is 0 Å². The molecule has 0 aliphatic carbocycles. The minimum Gasteiger partial charge on any atom is -0.497 e. The van der Waals surface area contributed by atoms with Crippen LogP contribution in [0.25, 0.3) is 0 Å². The average Bonchev–Trinajstić information content (AvgIpc) is 2.37. The maximum Gasteiger partial charge on any atom is 0.243 e. The molecule has 1 aromatic rings. The molecule has 0 unspecified atom stereocenters. The lowest BCUT2D eigenvalue weighted by molar-refractivity contribution is 0.258. The molecule has 1 rings (SSSR count). The number of aliphatic hydroxyl groups excluding tert-OH is 1. The van der Waals surface area contributed by atoms with Crippen LogP contribution in [0.15, 0.2) is 17.0 Å². The first-order valence-electron chi connectivity index (χ1n) is 7.03. The predicted molar refractivity (Wildman–Crippen MR) is 83.2 cm³/mol. The van der Waals surface area contributed by atoms with Crippen molar-refractivity contribution in [2.75, 3.05) is 20.3 Å². The van der Waals surface area contributed by atoms with Gasteiger partial charge in [-0.3, -0.25) is 0 Å². The molecule has 0 aromatic heterocycles. The molecular weight excluding hydrogens is 290 g/mol. The monoisotopic (exact) mass is 315 g/mol. The summed E-state index contributed by atoms with van der Waals surface area (Å²) in [6, 6.07) is 3.29. The molecule has 1 N–H and O–H groups in total. The second kappa shape index (κ2) is 7.24. The smallest absolute Gasteiger partial charge is 0.243 e. The van der Waals surface area contributed by atoms with E-state index in [0.29, 0.717) is 34.7 Å². The van der Waals surface area contributed by atoms with Crippen molar-refractivity contribution in [1.82, 2.24) is 4.31 Å². The molecule has 0 saturated heterocycles. The number of sulfonamides is 1. The number of benzene rings is 1. The van der Waals surface area contributed by atoms with Gasteiger partial charge in [0.2, 0.25) is 10.0 Å². The highest BCUT2D eigenvalue weighted by atomic mass is 32.2. The Balaban J connectivity index is 3.34. The molecule has 0 atom stereocenters. The van der Waals surface area contributed by atoms with Gasteiger partial charge in [-0.2, -0.15) is 4.31 Å². The largest absolute Gasteiger partial charge is 0.497 e. The maximum atomic E-state index is 12.9. The van der Waals surface area contributed by atoms with Gasteiger partial charge in [0.25, 0.3) is 0 Å². The first-order valence-corrected chi connectivity index (χ1v) is 8.47. The van der Waals surface area contributed by atoms with Crippen LogP contribution in [0.4, 0.5) is 0 Å². The minimum atomic E-state index is -3.59. The number of rotatable bonds is 7. The summed E-state index contributed by atoms with van der Waals surface area (Å²) < 4.78 is 32.5. The van der Waals surface area contributed by atoms with Gasteiger partial charge in [-0.25, -0.2) is 8.42 Å². The third-order valence-electron chi connectivity index (χ3n) is 3.35. The number of hydrogen-bond acceptors (Lipinski definition) is 4. The normalized spacial score (nSPS) is 12.2. The van der Waals surface area contributed by atoms with Gasteiger partial charge in [-0.05, 0) is 57.4 Å². The predicted octanol–water partition coefficient (Wildman–Crippen LogP) is 2.09. The number of methoxy groups -OCH3 is 1. The Morgan fingerprint density at radius 3 is 2.14 bits per heavy atom. The highest BCUT2D eigenvalue weighted by Gasteiger charge is 2.29. The van der Waals surface area contributed by atoms with Crippen LogP contribution in [0.2, 0.25) is 0 Å². The van der Waals surface area contributed by atoms with E-state index < -0.39 is 10.0 Å². The van der Waals surface area contributed by atoms with Gasteiger partial charge >= 0.3 is 0 Å². The lowest BCUT2D eigenvalue weighted by Gasteiger charge is -2.27. The van der Waals surface area contributed by atoms with Crippen molar-refractivity contribution in [1.29, 1.82) is 0 Å². The molecule has 120 valence electrons. The Kier molecular flexibility index (Phi) is 6.19. The van der Waals surface area contributed by atoms with E-state index in [4.69, 9.17) is 9.84 Å². The maximum absolute atomic E-state index is 12.9. The molecule has 0 bridgehead atoms. The molecular formula is C15H25NO4S. The summed E-state index contributed by atoms with van der Waals surface area (Å²) in [4.78, 5) is 0.329. The van der Waals surface area contributed by atoms with E-state index >= 15 is 0 Å². The lowest BCUT2D eigenvalue weighted by atomic mass is 10.1. The third-order valence-corrected chi connectivity index (χ3v) is 5.73. The molecule has 21 heavy (non-hydrogen) atoms. The molecule has 5 nitrogen and oxygen atoms in total. The summed E-state index contributed by atoms with van der Waals surface area (Å²) in [6.07, 6.45) is 0.422. The highest BCUT2D eigenvalue weighted by Crippen LogP contribution is 2.29. The minimum absolute atomic E-state index is 0.0285. The molecule has 6 heteroatoms. The van der Waals surface area contributed by atoms with Crippen LogP contribution < -0.4 is 4.74 Å². The SMILES string of the molecule is COc1cc(C)c(S(=O)(=O)N(CCCO)C(C)C)c(C)c1. The molecule has 0 amide bonds. The van der Waals surface area contributed by atoms with Crippen molar-refractivity contribution in [2.24, 2.45) is 0 Å². The Morgan fingerprint density at radius 2 is 1.76 bits per heavy atom. The van der Waals surface area contributed by atoms with E-state index in [-0.39, 0.29) is 12.6 Å². The molecule has 0 radical (unpaired) electrons. The quantitative estimate of drug-likeness (QED) is 0.836. The Morgan fingerprint density at radius 1 is 1.24 bits per heavy atom. The highest BCUT2D eigenvalue weighted by molar-refractivity contribution is 7.89. The molecule has 0 heterocycles. The summed E-state index contributed by atoms with van der Waals surface area (Å²) >= 11 is 0. The molecule has 0 aliphatic heterocycles. The van der Waals surface area contributed by atoms with Crippen LogP contribution in [-0.4, -0.2) is 44.1 Å². The van der Waals surface area contributed by atoms with E-state index in [1.807, 2.05) is 13.8 Å². The zero-order valence-electron chi connectivity index (χ0n) is 13.4. The summed E-state index contributed by atoms with van der Waals surface area (Å²) in [5.41, 5.74) is 1.34. The van der Waals surface area contributed by atoms with Crippen molar-refractivity contribution in [3.63, 3.8) is 0 Å². The van der Waals surface area contributed by atoms with Gasteiger partial charge in [0.05, 0.1) is 12.0 Å². The van der Waals surface area contributed by atoms with Crippen molar-refractivity contribution in [2.45, 2.75) is 45.1 Å². The number of ether oxygens (including phenoxy) is 1. The summed E-state index contributed by atoms with van der Waals surface area (Å²) in [5, 5.41) is 8.97. The van der Waals surface area contributed by atoms with Crippen molar-refractivity contribution >= 4 is 10.0 Å². The molecule has 0 spiro atoms. The van der Waals surface area contributed by atoms with Crippen molar-refractivity contribution < 1.29 is 18.3 Å². The zero-order valence-corrected chi connectivity index (χ0v) is 14.2. The fourth-order valence-corrected chi connectivity index (χ4v) is 4.53. The number of hydrogen-bond donors (Lipinski definition) is 1. The van der Waals surface area contributed by atoms with E-state index in [2.05, 4.69) is 0 Å². The molecule has 0 aliphatic rings. The van der Waals surface area contributed by atoms with Gasteiger partial charge in [0, 0.05) is 19.2 Å². The van der Waals surface area contributed by atoms with E-state index in [1.54, 1.807) is 33.1 Å². The standard InChI is InChI=1S/C15H25NO4S/c1-11(2)16(7-6-8-17)21(18,19)15-12(3)9-14(20-5)10-13(15)4/h9-11,17H,6-8H2,1-5H3. The summed E-state index contributed by atoms with van der Waals surface area (Å²) in [5.74, 6) is 0.649. The van der Waals surface area contributed by atoms with Crippen LogP contribution in [-0.2, 0) is 10.0 Å². The lowest BCUT2D eigenvalue weighted by Crippen LogP contribution is -2.38. The van der Waals surface area contributed by atoms with Gasteiger partial charge in [-0.15, -0.1) is 0 Å². The van der Waals surface area contributed by atoms with Gasteiger partial charge in [0.1, 0.15) is 5.75 Å². The zero-order chi connectivity index (χ0) is 16.2. The van der Waals surface area contributed by atoms with E-state index in [1.165, 1.54) is 4.31 Å². The Bertz CT molecular complexity index is 558. The third kappa shape index (κ3) is 3.96. The first-order chi connectivity index (χ1) is 9.75. The summed E-state index contributed by atoms with van der Waals surface area (Å²) in [6.45, 7) is 7.49. The number of aliphatic hydroxyl groups is 1. The van der Waals surface area contributed by atoms with Gasteiger partial charge in [0.15, 0.2) is 0 Å². The average molecular weight is 315 g/mol. The fraction of sp³-hybridized carbons (Fsp3) is 0.600. The number of nitrogens with zero attached hydrogens (tertiary/aromatic N) is 1. The van der Waals surface area contributed by atoms with Crippen molar-refractivity contribution in [3.8, 4) is 5.75 Å². The topological polar surface area (TPSA) is 66.8 Å². The molecule has 0 fully saturated rings. The van der Waals surface area contributed by atoms with Crippen molar-refractivity contribution in [3.05, 3.63) is 23.3 Å². The van der Waals surface area contributed by atoms with E-state index in [0.717, 1.165) is 0 Å². The Labute approximate surface area is 127 Å². The first kappa shape index (κ1) is 17.9. The molecule has 1 aromatic carbocycles. The second-order valence-corrected chi connectivity index (χ2v) is 7.20. The fourth-order valence-electron chi connectivity index (χ4n) is 2.43. The van der Waals surface area contributed by atoms with Crippen LogP contribution in [0.5, 0.6) is 5.75 Å². The van der Waals surface area contributed by atoms with Crippen LogP contribution in [0.1, 0.15) is 31.4 Å². The van der Waals surface area contributed by atoms with E-state index in [9.17, 15) is 8.42 Å². The Hall–Kier alpha value is -1.11. The summed E-state index contributed by atoms with van der Waals surface area (Å²) in [7, 11) is -2.03.